The quantitative estimate of drug-likeness (QED) is 0.813. The first-order valence-corrected chi connectivity index (χ1v) is 8.91. The van der Waals surface area contributed by atoms with E-state index >= 15 is 0 Å². The van der Waals surface area contributed by atoms with Gasteiger partial charge in [-0.15, -0.1) is 0 Å². The smallest absolute Gasteiger partial charge is 0.279 e. The van der Waals surface area contributed by atoms with Gasteiger partial charge in [0.05, 0.1) is 0 Å². The van der Waals surface area contributed by atoms with Gasteiger partial charge in [0.25, 0.3) is 10.2 Å². The lowest BCUT2D eigenvalue weighted by atomic mass is 9.87. The molecule has 1 unspecified atom stereocenters. The van der Waals surface area contributed by atoms with Crippen LogP contribution in [0.1, 0.15) is 45.4 Å². The highest BCUT2D eigenvalue weighted by atomic mass is 32.2. The lowest BCUT2D eigenvalue weighted by Gasteiger charge is -2.31. The summed E-state index contributed by atoms with van der Waals surface area (Å²) in [5.41, 5.74) is 5.86. The van der Waals surface area contributed by atoms with Gasteiger partial charge in [0.1, 0.15) is 0 Å². The van der Waals surface area contributed by atoms with E-state index in [0.29, 0.717) is 37.5 Å². The Morgan fingerprint density at radius 1 is 1.21 bits per heavy atom. The highest BCUT2D eigenvalue weighted by Gasteiger charge is 2.28. The molecule has 19 heavy (non-hydrogen) atoms. The molecule has 0 aromatic heterocycles. The standard InChI is InChI=1S/C13H27N3O2S/c1-11-3-2-8-16(10-11)19(17,18)15-9-12-4-6-13(14)7-5-12/h11-13,15H,2-10,14H2,1H3. The van der Waals surface area contributed by atoms with Gasteiger partial charge in [0, 0.05) is 25.7 Å². The molecule has 0 amide bonds. The van der Waals surface area contributed by atoms with Gasteiger partial charge in [-0.2, -0.15) is 12.7 Å². The van der Waals surface area contributed by atoms with Crippen LogP contribution in [0, 0.1) is 11.8 Å². The van der Waals surface area contributed by atoms with Crippen molar-refractivity contribution in [2.75, 3.05) is 19.6 Å². The number of nitrogens with two attached hydrogens (primary N) is 1. The SMILES string of the molecule is CC1CCCN(S(=O)(=O)NCC2CCC(N)CC2)C1. The first kappa shape index (κ1) is 15.2. The van der Waals surface area contributed by atoms with Crippen molar-refractivity contribution >= 4 is 10.2 Å². The third-order valence-corrected chi connectivity index (χ3v) is 5.95. The molecule has 1 heterocycles. The van der Waals surface area contributed by atoms with Gasteiger partial charge in [0.15, 0.2) is 0 Å². The largest absolute Gasteiger partial charge is 0.328 e. The molecule has 5 nitrogen and oxygen atoms in total. The van der Waals surface area contributed by atoms with E-state index in [4.69, 9.17) is 5.73 Å². The molecule has 3 N–H and O–H groups in total. The van der Waals surface area contributed by atoms with Crippen molar-refractivity contribution in [3.8, 4) is 0 Å². The summed E-state index contributed by atoms with van der Waals surface area (Å²) >= 11 is 0. The van der Waals surface area contributed by atoms with Crippen molar-refractivity contribution < 1.29 is 8.42 Å². The minimum atomic E-state index is -3.28. The van der Waals surface area contributed by atoms with Gasteiger partial charge in [0.2, 0.25) is 0 Å². The van der Waals surface area contributed by atoms with E-state index in [9.17, 15) is 8.42 Å². The minimum absolute atomic E-state index is 0.316. The Morgan fingerprint density at radius 3 is 2.53 bits per heavy atom. The summed E-state index contributed by atoms with van der Waals surface area (Å²) in [7, 11) is -3.28. The molecule has 0 aromatic rings. The van der Waals surface area contributed by atoms with Crippen LogP contribution in [-0.2, 0) is 10.2 Å². The molecule has 0 bridgehead atoms. The summed E-state index contributed by atoms with van der Waals surface area (Å²) in [6, 6.07) is 0.316. The van der Waals surface area contributed by atoms with Gasteiger partial charge in [-0.25, -0.2) is 4.72 Å². The fourth-order valence-corrected chi connectivity index (χ4v) is 4.52. The molecule has 1 aliphatic heterocycles. The Balaban J connectivity index is 1.80. The van der Waals surface area contributed by atoms with E-state index in [1.807, 2.05) is 0 Å². The van der Waals surface area contributed by atoms with E-state index < -0.39 is 10.2 Å². The maximum atomic E-state index is 12.2. The summed E-state index contributed by atoms with van der Waals surface area (Å²) in [5, 5.41) is 0. The minimum Gasteiger partial charge on any atom is -0.328 e. The zero-order valence-electron chi connectivity index (χ0n) is 11.8. The lowest BCUT2D eigenvalue weighted by Crippen LogP contribution is -2.47. The first-order chi connectivity index (χ1) is 8.97. The molecule has 0 radical (unpaired) electrons. The number of piperidine rings is 1. The molecule has 0 spiro atoms. The fourth-order valence-electron chi connectivity index (χ4n) is 3.07. The molecule has 1 saturated heterocycles. The molecule has 2 aliphatic rings. The predicted molar refractivity (Wildman–Crippen MR) is 76.8 cm³/mol. The normalized spacial score (nSPS) is 34.3. The van der Waals surface area contributed by atoms with Gasteiger partial charge in [-0.3, -0.25) is 0 Å². The number of rotatable bonds is 4. The second kappa shape index (κ2) is 6.52. The average Bonchev–Trinajstić information content (AvgIpc) is 2.38. The first-order valence-electron chi connectivity index (χ1n) is 7.47. The third-order valence-electron chi connectivity index (χ3n) is 4.41. The molecular weight excluding hydrogens is 262 g/mol. The van der Waals surface area contributed by atoms with Gasteiger partial charge in [-0.05, 0) is 50.4 Å². The molecule has 0 aromatic carbocycles. The summed E-state index contributed by atoms with van der Waals surface area (Å²) < 4.78 is 28.9. The Labute approximate surface area is 117 Å². The summed E-state index contributed by atoms with van der Waals surface area (Å²) in [4.78, 5) is 0. The zero-order chi connectivity index (χ0) is 13.9. The number of hydrogen-bond donors (Lipinski definition) is 2. The van der Waals surface area contributed by atoms with Crippen molar-refractivity contribution in [2.24, 2.45) is 17.6 Å². The van der Waals surface area contributed by atoms with E-state index in [2.05, 4.69) is 11.6 Å². The van der Waals surface area contributed by atoms with Crippen molar-refractivity contribution in [2.45, 2.75) is 51.5 Å². The average molecular weight is 289 g/mol. The number of hydrogen-bond acceptors (Lipinski definition) is 3. The molecule has 6 heteroatoms. The molecule has 2 rings (SSSR count). The van der Waals surface area contributed by atoms with Crippen molar-refractivity contribution in [1.29, 1.82) is 0 Å². The second-order valence-electron chi connectivity index (χ2n) is 6.24. The second-order valence-corrected chi connectivity index (χ2v) is 7.99. The van der Waals surface area contributed by atoms with Crippen LogP contribution >= 0.6 is 0 Å². The van der Waals surface area contributed by atoms with Crippen LogP contribution in [0.4, 0.5) is 0 Å². The Bertz CT molecular complexity index is 377. The lowest BCUT2D eigenvalue weighted by molar-refractivity contribution is 0.274. The molecule has 2 fully saturated rings. The van der Waals surface area contributed by atoms with Crippen LogP contribution in [0.5, 0.6) is 0 Å². The van der Waals surface area contributed by atoms with E-state index in [0.717, 1.165) is 38.5 Å². The highest BCUT2D eigenvalue weighted by Crippen LogP contribution is 2.23. The van der Waals surface area contributed by atoms with E-state index in [-0.39, 0.29) is 0 Å². The molecular formula is C13H27N3O2S. The van der Waals surface area contributed by atoms with Crippen molar-refractivity contribution in [3.05, 3.63) is 0 Å². The molecule has 1 aliphatic carbocycles. The molecule has 1 saturated carbocycles. The van der Waals surface area contributed by atoms with Crippen LogP contribution in [0.2, 0.25) is 0 Å². The predicted octanol–water partition coefficient (Wildman–Crippen LogP) is 1.07. The summed E-state index contributed by atoms with van der Waals surface area (Å²) in [6.07, 6.45) is 6.23. The van der Waals surface area contributed by atoms with Gasteiger partial charge >= 0.3 is 0 Å². The van der Waals surface area contributed by atoms with Gasteiger partial charge < -0.3 is 5.73 Å². The Morgan fingerprint density at radius 2 is 1.89 bits per heavy atom. The third kappa shape index (κ3) is 4.41. The number of nitrogens with zero attached hydrogens (tertiary/aromatic N) is 1. The zero-order valence-corrected chi connectivity index (χ0v) is 12.7. The van der Waals surface area contributed by atoms with Crippen LogP contribution in [-0.4, -0.2) is 38.4 Å². The molecule has 1 atom stereocenters. The van der Waals surface area contributed by atoms with Crippen LogP contribution in [0.3, 0.4) is 0 Å². The summed E-state index contributed by atoms with van der Waals surface area (Å²) in [6.45, 7) is 4.00. The van der Waals surface area contributed by atoms with E-state index in [1.54, 1.807) is 4.31 Å². The number of nitrogens with one attached hydrogen (secondary N) is 1. The Kier molecular flexibility index (Phi) is 5.22. The molecule has 112 valence electrons. The maximum Gasteiger partial charge on any atom is 0.279 e. The highest BCUT2D eigenvalue weighted by molar-refractivity contribution is 7.87. The van der Waals surface area contributed by atoms with Crippen LogP contribution in [0.15, 0.2) is 0 Å². The maximum absolute atomic E-state index is 12.2. The van der Waals surface area contributed by atoms with Crippen molar-refractivity contribution in [1.82, 2.24) is 9.03 Å². The topological polar surface area (TPSA) is 75.4 Å². The van der Waals surface area contributed by atoms with Crippen LogP contribution in [0.25, 0.3) is 0 Å². The monoisotopic (exact) mass is 289 g/mol. The summed E-state index contributed by atoms with van der Waals surface area (Å²) in [5.74, 6) is 0.926. The van der Waals surface area contributed by atoms with E-state index in [1.165, 1.54) is 0 Å². The van der Waals surface area contributed by atoms with Crippen LogP contribution < -0.4 is 10.5 Å². The fraction of sp³-hybridized carbons (Fsp3) is 1.00. The van der Waals surface area contributed by atoms with Crippen molar-refractivity contribution in [3.63, 3.8) is 0 Å². The Hall–Kier alpha value is -0.170. The van der Waals surface area contributed by atoms with Gasteiger partial charge in [-0.1, -0.05) is 6.92 Å².